The molecule has 176 valence electrons. The molecule has 0 amide bonds. The summed E-state index contributed by atoms with van der Waals surface area (Å²) in [6.45, 7) is 9.30. The van der Waals surface area contributed by atoms with Gasteiger partial charge < -0.3 is 25.3 Å². The van der Waals surface area contributed by atoms with Crippen molar-refractivity contribution in [3.8, 4) is 0 Å². The van der Waals surface area contributed by atoms with E-state index < -0.39 is 18.4 Å². The first kappa shape index (κ1) is 23.7. The second-order valence-electron chi connectivity index (χ2n) is 8.77. The van der Waals surface area contributed by atoms with Gasteiger partial charge >= 0.3 is 11.9 Å². The molecule has 32 heavy (non-hydrogen) atoms. The lowest BCUT2D eigenvalue weighted by atomic mass is 10.0. The molecule has 4 atom stereocenters. The molecule has 0 spiro atoms. The van der Waals surface area contributed by atoms with Crippen LogP contribution in [0.15, 0.2) is 6.33 Å². The average molecular weight is 449 g/mol. The summed E-state index contributed by atoms with van der Waals surface area (Å²) in [5.74, 6) is -0.458. The van der Waals surface area contributed by atoms with Gasteiger partial charge in [0.1, 0.15) is 25.0 Å². The minimum atomic E-state index is -0.630. The zero-order valence-electron chi connectivity index (χ0n) is 19.4. The third-order valence-corrected chi connectivity index (χ3v) is 5.31. The average Bonchev–Trinajstić information content (AvgIpc) is 3.26. The minimum absolute atomic E-state index is 0.0199. The highest BCUT2D eigenvalue weighted by Crippen LogP contribution is 2.39. The van der Waals surface area contributed by atoms with Crippen LogP contribution in [0, 0.1) is 17.8 Å². The molecule has 3 N–H and O–H groups in total. The van der Waals surface area contributed by atoms with E-state index in [0.29, 0.717) is 23.4 Å². The maximum Gasteiger partial charge on any atom is 0.308 e. The van der Waals surface area contributed by atoms with Gasteiger partial charge in [-0.15, -0.1) is 0 Å². The number of esters is 2. The van der Waals surface area contributed by atoms with Crippen molar-refractivity contribution in [1.29, 1.82) is 0 Å². The zero-order valence-corrected chi connectivity index (χ0v) is 19.4. The van der Waals surface area contributed by atoms with E-state index in [0.717, 1.165) is 0 Å². The Balaban J connectivity index is 1.89. The summed E-state index contributed by atoms with van der Waals surface area (Å²) in [5, 5.41) is 2.96. The lowest BCUT2D eigenvalue weighted by Crippen LogP contribution is -2.36. The Labute approximate surface area is 187 Å². The van der Waals surface area contributed by atoms with Gasteiger partial charge in [-0.3, -0.25) is 14.2 Å². The molecule has 11 heteroatoms. The van der Waals surface area contributed by atoms with Gasteiger partial charge in [0.05, 0.1) is 12.2 Å². The van der Waals surface area contributed by atoms with E-state index in [2.05, 4.69) is 20.3 Å². The second-order valence-corrected chi connectivity index (χ2v) is 8.77. The molecule has 0 saturated carbocycles. The summed E-state index contributed by atoms with van der Waals surface area (Å²) in [7, 11) is 1.72. The van der Waals surface area contributed by atoms with Crippen LogP contribution in [0.25, 0.3) is 11.2 Å². The topological polar surface area (TPSA) is 143 Å². The maximum absolute atomic E-state index is 12.4. The number of anilines is 2. The number of hydrogen-bond donors (Lipinski definition) is 2. The molecule has 2 aromatic rings. The van der Waals surface area contributed by atoms with E-state index in [-0.39, 0.29) is 42.2 Å². The standard InChI is InChI=1S/C21H32N6O5/c1-10(2)7-14(28)30-8-13-16(32-20(29)11(3)4)12(5)19(31-13)27-9-24-15-17(23-6)25-21(22)26-18(15)27/h9-13,16,19H,7-8H2,1-6H3,(H3,22,23,25,26)/t12-,13+,16-,19+/m0/s1. The van der Waals surface area contributed by atoms with Crippen molar-refractivity contribution >= 4 is 34.9 Å². The second kappa shape index (κ2) is 9.68. The Hall–Kier alpha value is -2.95. The summed E-state index contributed by atoms with van der Waals surface area (Å²) < 4.78 is 19.2. The summed E-state index contributed by atoms with van der Waals surface area (Å²) in [6.07, 6.45) is 0.0983. The number of nitrogen functional groups attached to an aromatic ring is 1. The maximum atomic E-state index is 12.4. The highest BCUT2D eigenvalue weighted by atomic mass is 16.6. The van der Waals surface area contributed by atoms with Gasteiger partial charge in [0.2, 0.25) is 5.95 Å². The molecule has 0 radical (unpaired) electrons. The van der Waals surface area contributed by atoms with E-state index >= 15 is 0 Å². The predicted octanol–water partition coefficient (Wildman–Crippen LogP) is 2.14. The SMILES string of the molecule is CNc1nc(N)nc2c1ncn2[C@@H]1O[C@H](COC(=O)CC(C)C)[C@@H](OC(=O)C(C)C)[C@@H]1C. The third kappa shape index (κ3) is 4.93. The Morgan fingerprint density at radius 2 is 2.00 bits per heavy atom. The Bertz CT molecular complexity index is 975. The van der Waals surface area contributed by atoms with Gasteiger partial charge in [-0.1, -0.05) is 34.6 Å². The lowest BCUT2D eigenvalue weighted by Gasteiger charge is -2.22. The summed E-state index contributed by atoms with van der Waals surface area (Å²) in [4.78, 5) is 37.3. The molecule has 1 saturated heterocycles. The van der Waals surface area contributed by atoms with Crippen molar-refractivity contribution in [2.75, 3.05) is 24.7 Å². The highest BCUT2D eigenvalue weighted by Gasteiger charge is 2.46. The number of imidazole rings is 1. The number of hydrogen-bond acceptors (Lipinski definition) is 10. The Kier molecular flexibility index (Phi) is 7.17. The summed E-state index contributed by atoms with van der Waals surface area (Å²) in [6, 6.07) is 0. The van der Waals surface area contributed by atoms with Gasteiger partial charge in [-0.05, 0) is 5.92 Å². The first-order valence-corrected chi connectivity index (χ1v) is 10.8. The molecule has 0 bridgehead atoms. The normalized spacial score (nSPS) is 23.1. The van der Waals surface area contributed by atoms with Crippen LogP contribution < -0.4 is 11.1 Å². The molecule has 3 rings (SSSR count). The molecule has 1 aliphatic rings. The van der Waals surface area contributed by atoms with Crippen molar-refractivity contribution in [1.82, 2.24) is 19.5 Å². The van der Waals surface area contributed by atoms with Crippen molar-refractivity contribution in [2.45, 2.75) is 59.5 Å². The first-order valence-electron chi connectivity index (χ1n) is 10.8. The molecule has 11 nitrogen and oxygen atoms in total. The van der Waals surface area contributed by atoms with Gasteiger partial charge in [0.15, 0.2) is 17.0 Å². The van der Waals surface area contributed by atoms with E-state index in [1.165, 1.54) is 0 Å². The van der Waals surface area contributed by atoms with Crippen molar-refractivity contribution < 1.29 is 23.8 Å². The predicted molar refractivity (Wildman–Crippen MR) is 117 cm³/mol. The fourth-order valence-corrected chi connectivity index (χ4v) is 3.65. The third-order valence-electron chi connectivity index (χ3n) is 5.31. The number of nitrogens with zero attached hydrogens (tertiary/aromatic N) is 4. The molecule has 1 aliphatic heterocycles. The van der Waals surface area contributed by atoms with Crippen LogP contribution >= 0.6 is 0 Å². The number of carbonyl (C=O) groups is 2. The fourth-order valence-electron chi connectivity index (χ4n) is 3.65. The number of aromatic nitrogens is 4. The first-order chi connectivity index (χ1) is 15.1. The van der Waals surface area contributed by atoms with Crippen molar-refractivity contribution in [3.05, 3.63) is 6.33 Å². The van der Waals surface area contributed by atoms with Gasteiger partial charge in [-0.25, -0.2) is 4.98 Å². The van der Waals surface area contributed by atoms with Crippen LogP contribution in [0.1, 0.15) is 47.3 Å². The molecule has 0 aliphatic carbocycles. The molecule has 3 heterocycles. The smallest absolute Gasteiger partial charge is 0.308 e. The van der Waals surface area contributed by atoms with E-state index in [9.17, 15) is 9.59 Å². The van der Waals surface area contributed by atoms with E-state index in [1.807, 2.05) is 20.8 Å². The number of carbonyl (C=O) groups excluding carboxylic acids is 2. The number of nitrogens with two attached hydrogens (primary N) is 1. The van der Waals surface area contributed by atoms with Gasteiger partial charge in [-0.2, -0.15) is 9.97 Å². The lowest BCUT2D eigenvalue weighted by molar-refractivity contribution is -0.161. The largest absolute Gasteiger partial charge is 0.463 e. The van der Waals surface area contributed by atoms with E-state index in [1.54, 1.807) is 31.8 Å². The van der Waals surface area contributed by atoms with Crippen LogP contribution in [0.3, 0.4) is 0 Å². The molecular weight excluding hydrogens is 416 g/mol. The summed E-state index contributed by atoms with van der Waals surface area (Å²) in [5.41, 5.74) is 6.90. The van der Waals surface area contributed by atoms with Crippen molar-refractivity contribution in [2.24, 2.45) is 17.8 Å². The van der Waals surface area contributed by atoms with Crippen molar-refractivity contribution in [3.63, 3.8) is 0 Å². The van der Waals surface area contributed by atoms with Crippen LogP contribution in [0.2, 0.25) is 0 Å². The Morgan fingerprint density at radius 3 is 2.62 bits per heavy atom. The van der Waals surface area contributed by atoms with Crippen LogP contribution in [0.4, 0.5) is 11.8 Å². The highest BCUT2D eigenvalue weighted by molar-refractivity contribution is 5.84. The number of rotatable bonds is 8. The Morgan fingerprint density at radius 1 is 1.28 bits per heavy atom. The molecule has 0 unspecified atom stereocenters. The fraction of sp³-hybridized carbons (Fsp3) is 0.667. The number of nitrogens with one attached hydrogen (secondary N) is 1. The molecule has 1 fully saturated rings. The van der Waals surface area contributed by atoms with Gasteiger partial charge in [0.25, 0.3) is 0 Å². The van der Waals surface area contributed by atoms with E-state index in [4.69, 9.17) is 19.9 Å². The molecular formula is C21H32N6O5. The van der Waals surface area contributed by atoms with Crippen LogP contribution in [-0.4, -0.2) is 57.3 Å². The number of ether oxygens (including phenoxy) is 3. The van der Waals surface area contributed by atoms with Crippen LogP contribution in [-0.2, 0) is 23.8 Å². The number of fused-ring (bicyclic) bond motifs is 1. The molecule has 2 aromatic heterocycles. The van der Waals surface area contributed by atoms with Gasteiger partial charge in [0, 0.05) is 19.4 Å². The quantitative estimate of drug-likeness (QED) is 0.576. The zero-order chi connectivity index (χ0) is 23.6. The minimum Gasteiger partial charge on any atom is -0.463 e. The molecule has 0 aromatic carbocycles. The van der Waals surface area contributed by atoms with Crippen LogP contribution in [0.5, 0.6) is 0 Å². The monoisotopic (exact) mass is 448 g/mol. The summed E-state index contributed by atoms with van der Waals surface area (Å²) >= 11 is 0.